The van der Waals surface area contributed by atoms with E-state index in [-0.39, 0.29) is 66.3 Å². The van der Waals surface area contributed by atoms with E-state index in [2.05, 4.69) is 0 Å². The first-order valence-electron chi connectivity index (χ1n) is 15.7. The lowest BCUT2D eigenvalue weighted by molar-refractivity contribution is -0.151. The normalized spacial score (nSPS) is 18.1. The summed E-state index contributed by atoms with van der Waals surface area (Å²) in [7, 11) is 0. The van der Waals surface area contributed by atoms with Crippen molar-refractivity contribution in [1.82, 2.24) is 4.57 Å². The van der Waals surface area contributed by atoms with Gasteiger partial charge in [0.2, 0.25) is 5.43 Å². The summed E-state index contributed by atoms with van der Waals surface area (Å²) in [6.07, 6.45) is 4.74. The average molecular weight is 605 g/mol. The Balaban J connectivity index is 0.00000155. The van der Waals surface area contributed by atoms with Gasteiger partial charge in [-0.25, -0.2) is 9.18 Å². The van der Waals surface area contributed by atoms with Crippen molar-refractivity contribution in [1.29, 1.82) is 0 Å². The minimum atomic E-state index is -1.33. The summed E-state index contributed by atoms with van der Waals surface area (Å²) >= 11 is 0. The first-order valence-corrected chi connectivity index (χ1v) is 15.7. The standard InChI is InChI=1S/C29H37FN2O7.2C2H6/c1-5-24(33)38-15-19-12-31(10-6-7-18(19)14-39-29(37)16(2)3)26-17(4)25-21(11-23(26)30)27(34)22(28(35)36)13-32(25)20-8-9-20;2*1-2/h11,13,16,18-20H,5-10,12,14-15H2,1-4H3,(H,35,36);2*1-2H3. The van der Waals surface area contributed by atoms with Gasteiger partial charge < -0.3 is 24.0 Å². The molecule has 4 rings (SSSR count). The third kappa shape index (κ3) is 8.57. The summed E-state index contributed by atoms with van der Waals surface area (Å²) in [6, 6.07) is 1.22. The lowest BCUT2D eigenvalue weighted by Crippen LogP contribution is -2.36. The molecule has 2 heterocycles. The number of anilines is 1. The van der Waals surface area contributed by atoms with Crippen molar-refractivity contribution < 1.29 is 33.4 Å². The highest BCUT2D eigenvalue weighted by Crippen LogP contribution is 2.40. The van der Waals surface area contributed by atoms with E-state index in [0.717, 1.165) is 18.9 Å². The fourth-order valence-electron chi connectivity index (χ4n) is 5.42. The Kier molecular flexibility index (Phi) is 13.7. The van der Waals surface area contributed by atoms with E-state index in [9.17, 15) is 24.3 Å². The summed E-state index contributed by atoms with van der Waals surface area (Å²) in [4.78, 5) is 50.8. The van der Waals surface area contributed by atoms with Crippen LogP contribution in [-0.2, 0) is 19.1 Å². The third-order valence-electron chi connectivity index (χ3n) is 7.75. The summed E-state index contributed by atoms with van der Waals surface area (Å²) in [5, 5.41) is 9.62. The van der Waals surface area contributed by atoms with Crippen LogP contribution in [0.1, 0.15) is 103 Å². The monoisotopic (exact) mass is 604 g/mol. The smallest absolute Gasteiger partial charge is 0.341 e. The molecule has 0 radical (unpaired) electrons. The molecule has 1 aliphatic carbocycles. The van der Waals surface area contributed by atoms with Crippen LogP contribution >= 0.6 is 0 Å². The molecule has 10 heteroatoms. The number of pyridine rings is 1. The number of carboxylic acids is 1. The number of aromatic carboxylic acids is 1. The molecule has 9 nitrogen and oxygen atoms in total. The number of carbonyl (C=O) groups excluding carboxylic acids is 2. The Morgan fingerprint density at radius 2 is 1.67 bits per heavy atom. The van der Waals surface area contributed by atoms with Crippen LogP contribution in [0.3, 0.4) is 0 Å². The van der Waals surface area contributed by atoms with Crippen molar-refractivity contribution in [2.45, 2.75) is 93.5 Å². The number of ether oxygens (including phenoxy) is 2. The maximum Gasteiger partial charge on any atom is 0.341 e. The molecule has 0 spiro atoms. The second-order valence-corrected chi connectivity index (χ2v) is 11.0. The van der Waals surface area contributed by atoms with Gasteiger partial charge in [-0.2, -0.15) is 0 Å². The Labute approximate surface area is 254 Å². The van der Waals surface area contributed by atoms with Crippen LogP contribution in [0, 0.1) is 30.5 Å². The number of aryl methyl sites for hydroxylation is 1. The van der Waals surface area contributed by atoms with Gasteiger partial charge in [-0.1, -0.05) is 48.5 Å². The molecule has 1 aromatic heterocycles. The fourth-order valence-corrected chi connectivity index (χ4v) is 5.42. The molecule has 2 aromatic rings. The molecule has 0 amide bonds. The highest BCUT2D eigenvalue weighted by Gasteiger charge is 2.33. The average Bonchev–Trinajstić information content (AvgIpc) is 3.85. The minimum Gasteiger partial charge on any atom is -0.477 e. The van der Waals surface area contributed by atoms with E-state index < -0.39 is 17.2 Å². The Morgan fingerprint density at radius 1 is 1.05 bits per heavy atom. The van der Waals surface area contributed by atoms with Gasteiger partial charge in [-0.3, -0.25) is 14.4 Å². The van der Waals surface area contributed by atoms with Crippen LogP contribution in [0.2, 0.25) is 0 Å². The van der Waals surface area contributed by atoms with Crippen LogP contribution in [0.25, 0.3) is 10.9 Å². The molecule has 43 heavy (non-hydrogen) atoms. The first kappa shape index (κ1) is 35.8. The molecule has 1 aliphatic heterocycles. The van der Waals surface area contributed by atoms with Gasteiger partial charge in [-0.05, 0) is 44.2 Å². The quantitative estimate of drug-likeness (QED) is 0.322. The molecular weight excluding hydrogens is 555 g/mol. The summed E-state index contributed by atoms with van der Waals surface area (Å²) in [6.45, 7) is 16.2. The van der Waals surface area contributed by atoms with E-state index >= 15 is 4.39 Å². The number of esters is 2. The van der Waals surface area contributed by atoms with Crippen LogP contribution in [-0.4, -0.2) is 53.9 Å². The Morgan fingerprint density at radius 3 is 2.23 bits per heavy atom. The second-order valence-electron chi connectivity index (χ2n) is 11.0. The zero-order valence-electron chi connectivity index (χ0n) is 27.0. The number of fused-ring (bicyclic) bond motifs is 1. The number of hydrogen-bond acceptors (Lipinski definition) is 7. The van der Waals surface area contributed by atoms with Crippen molar-refractivity contribution in [3.05, 3.63) is 39.4 Å². The van der Waals surface area contributed by atoms with Gasteiger partial charge in [0.15, 0.2) is 0 Å². The molecular formula is C33H49FN2O7. The molecule has 240 valence electrons. The predicted octanol–water partition coefficient (Wildman–Crippen LogP) is 6.52. The fraction of sp³-hybridized carbons (Fsp3) is 0.636. The van der Waals surface area contributed by atoms with Crippen molar-refractivity contribution in [2.24, 2.45) is 17.8 Å². The number of rotatable bonds is 9. The predicted molar refractivity (Wildman–Crippen MR) is 166 cm³/mol. The molecule has 1 saturated carbocycles. The molecule has 2 fully saturated rings. The van der Waals surface area contributed by atoms with Gasteiger partial charge >= 0.3 is 17.9 Å². The molecule has 2 atom stereocenters. The molecule has 1 N–H and O–H groups in total. The van der Waals surface area contributed by atoms with E-state index in [4.69, 9.17) is 9.47 Å². The largest absolute Gasteiger partial charge is 0.477 e. The van der Waals surface area contributed by atoms with Gasteiger partial charge in [0, 0.05) is 49.0 Å². The van der Waals surface area contributed by atoms with Gasteiger partial charge in [0.25, 0.3) is 0 Å². The number of aromatic nitrogens is 1. The second kappa shape index (κ2) is 16.4. The first-order chi connectivity index (χ1) is 20.5. The SMILES string of the molecule is CC.CC.CCC(=O)OCC1CN(c2c(F)cc3c(=O)c(C(=O)O)cn(C4CC4)c3c2C)CCCC1COC(=O)C(C)C. The maximum atomic E-state index is 15.8. The topological polar surface area (TPSA) is 115 Å². The highest BCUT2D eigenvalue weighted by atomic mass is 19.1. The van der Waals surface area contributed by atoms with E-state index in [1.165, 1.54) is 6.20 Å². The van der Waals surface area contributed by atoms with Crippen LogP contribution in [0.5, 0.6) is 0 Å². The van der Waals surface area contributed by atoms with Crippen LogP contribution in [0.4, 0.5) is 10.1 Å². The van der Waals surface area contributed by atoms with Crippen LogP contribution in [0.15, 0.2) is 17.1 Å². The van der Waals surface area contributed by atoms with Crippen molar-refractivity contribution in [3.63, 3.8) is 0 Å². The summed E-state index contributed by atoms with van der Waals surface area (Å²) in [5.41, 5.74) is 0.401. The highest BCUT2D eigenvalue weighted by molar-refractivity contribution is 5.95. The molecule has 1 saturated heterocycles. The molecule has 2 aliphatic rings. The zero-order valence-corrected chi connectivity index (χ0v) is 27.0. The number of halogens is 1. The van der Waals surface area contributed by atoms with Gasteiger partial charge in [0.1, 0.15) is 11.4 Å². The Bertz CT molecular complexity index is 1330. The van der Waals surface area contributed by atoms with Crippen molar-refractivity contribution in [2.75, 3.05) is 31.2 Å². The number of carbonyl (C=O) groups is 3. The van der Waals surface area contributed by atoms with E-state index in [1.54, 1.807) is 27.7 Å². The zero-order chi connectivity index (χ0) is 32.4. The maximum absolute atomic E-state index is 15.8. The van der Waals surface area contributed by atoms with Crippen molar-refractivity contribution >= 4 is 34.5 Å². The summed E-state index contributed by atoms with van der Waals surface area (Å²) in [5.74, 6) is -3.11. The number of carboxylic acid groups (broad SMARTS) is 1. The minimum absolute atomic E-state index is 0.0577. The van der Waals surface area contributed by atoms with E-state index in [0.29, 0.717) is 42.7 Å². The number of nitrogens with zero attached hydrogens (tertiary/aromatic N) is 2. The van der Waals surface area contributed by atoms with E-state index in [1.807, 2.05) is 37.2 Å². The lowest BCUT2D eigenvalue weighted by Gasteiger charge is -2.31. The third-order valence-corrected chi connectivity index (χ3v) is 7.75. The van der Waals surface area contributed by atoms with Gasteiger partial charge in [0.05, 0.1) is 30.3 Å². The number of hydrogen-bond donors (Lipinski definition) is 1. The van der Waals surface area contributed by atoms with Crippen molar-refractivity contribution in [3.8, 4) is 0 Å². The van der Waals surface area contributed by atoms with Crippen LogP contribution < -0.4 is 10.3 Å². The molecule has 0 bridgehead atoms. The molecule has 1 aromatic carbocycles. The lowest BCUT2D eigenvalue weighted by atomic mass is 9.90. The van der Waals surface area contributed by atoms with Gasteiger partial charge in [-0.15, -0.1) is 0 Å². The number of benzene rings is 1. The molecule has 2 unspecified atom stereocenters. The summed E-state index contributed by atoms with van der Waals surface area (Å²) < 4.78 is 28.7. The Hall–Kier alpha value is -3.43.